The minimum Gasteiger partial charge on any atom is -0.329 e. The molecule has 4 heteroatoms. The van der Waals surface area contributed by atoms with Gasteiger partial charge in [0.05, 0.1) is 5.52 Å². The molecular weight excluding hydrogens is 265 g/mol. The number of imidazole rings is 1. The lowest BCUT2D eigenvalue weighted by Gasteiger charge is -2.36. The molecule has 1 saturated carbocycles. The number of hydrogen-bond acceptors (Lipinski definition) is 2. The van der Waals surface area contributed by atoms with E-state index in [4.69, 9.17) is 10.7 Å². The SMILES string of the molecule is CC(C)n1c(C2(CN)CCCCC2)nc2c(F)cccc21. The Labute approximate surface area is 125 Å². The van der Waals surface area contributed by atoms with Crippen molar-refractivity contribution in [2.24, 2.45) is 5.73 Å². The molecule has 3 nitrogen and oxygen atoms in total. The zero-order chi connectivity index (χ0) is 15.0. The fourth-order valence-electron chi connectivity index (χ4n) is 3.73. The number of aromatic nitrogens is 2. The Morgan fingerprint density at radius 3 is 2.62 bits per heavy atom. The number of fused-ring (bicyclic) bond motifs is 1. The smallest absolute Gasteiger partial charge is 0.151 e. The lowest BCUT2D eigenvalue weighted by Crippen LogP contribution is -2.40. The van der Waals surface area contributed by atoms with Crippen molar-refractivity contribution < 1.29 is 4.39 Å². The molecule has 1 aromatic carbocycles. The van der Waals surface area contributed by atoms with Crippen molar-refractivity contribution in [3.63, 3.8) is 0 Å². The molecule has 0 unspecified atom stereocenters. The van der Waals surface area contributed by atoms with Crippen LogP contribution in [0.1, 0.15) is 57.8 Å². The molecule has 21 heavy (non-hydrogen) atoms. The maximum atomic E-state index is 14.1. The van der Waals surface area contributed by atoms with E-state index in [9.17, 15) is 4.39 Å². The fourth-order valence-corrected chi connectivity index (χ4v) is 3.73. The van der Waals surface area contributed by atoms with Gasteiger partial charge in [0.2, 0.25) is 0 Å². The predicted molar refractivity (Wildman–Crippen MR) is 83.9 cm³/mol. The van der Waals surface area contributed by atoms with Gasteiger partial charge in [-0.2, -0.15) is 0 Å². The molecule has 0 aliphatic heterocycles. The van der Waals surface area contributed by atoms with Gasteiger partial charge in [-0.25, -0.2) is 9.37 Å². The normalized spacial score (nSPS) is 18.5. The van der Waals surface area contributed by atoms with Gasteiger partial charge in [0, 0.05) is 18.0 Å². The molecular formula is C17H24FN3. The lowest BCUT2D eigenvalue weighted by atomic mass is 9.73. The average Bonchev–Trinajstić information content (AvgIpc) is 2.89. The third-order valence-electron chi connectivity index (χ3n) is 4.86. The first-order valence-electron chi connectivity index (χ1n) is 7.96. The molecule has 0 amide bonds. The van der Waals surface area contributed by atoms with Crippen LogP contribution in [0.4, 0.5) is 4.39 Å². The predicted octanol–water partition coefficient (Wildman–Crippen LogP) is 3.92. The van der Waals surface area contributed by atoms with Crippen LogP contribution in [-0.2, 0) is 5.41 Å². The van der Waals surface area contributed by atoms with E-state index in [2.05, 4.69) is 18.4 Å². The molecule has 1 fully saturated rings. The highest BCUT2D eigenvalue weighted by molar-refractivity contribution is 5.77. The van der Waals surface area contributed by atoms with E-state index in [1.54, 1.807) is 6.07 Å². The monoisotopic (exact) mass is 289 g/mol. The molecule has 1 heterocycles. The summed E-state index contributed by atoms with van der Waals surface area (Å²) in [5, 5.41) is 0. The molecule has 1 aliphatic rings. The molecule has 0 radical (unpaired) electrons. The Balaban J connectivity index is 2.25. The molecule has 114 valence electrons. The van der Waals surface area contributed by atoms with Crippen LogP contribution in [0.5, 0.6) is 0 Å². The van der Waals surface area contributed by atoms with Crippen LogP contribution >= 0.6 is 0 Å². The Kier molecular flexibility index (Phi) is 3.74. The second kappa shape index (κ2) is 5.41. The highest BCUT2D eigenvalue weighted by Crippen LogP contribution is 2.40. The van der Waals surface area contributed by atoms with E-state index in [0.29, 0.717) is 12.1 Å². The van der Waals surface area contributed by atoms with Crippen molar-refractivity contribution in [1.82, 2.24) is 9.55 Å². The van der Waals surface area contributed by atoms with Gasteiger partial charge in [0.1, 0.15) is 11.3 Å². The van der Waals surface area contributed by atoms with E-state index in [1.807, 2.05) is 6.07 Å². The number of halogens is 1. The zero-order valence-electron chi connectivity index (χ0n) is 12.9. The summed E-state index contributed by atoms with van der Waals surface area (Å²) in [6, 6.07) is 5.46. The van der Waals surface area contributed by atoms with Crippen molar-refractivity contribution in [3.8, 4) is 0 Å². The number of rotatable bonds is 3. The van der Waals surface area contributed by atoms with Crippen molar-refractivity contribution in [2.75, 3.05) is 6.54 Å². The molecule has 1 aromatic heterocycles. The summed E-state index contributed by atoms with van der Waals surface area (Å²) in [7, 11) is 0. The molecule has 1 aliphatic carbocycles. The van der Waals surface area contributed by atoms with Gasteiger partial charge in [-0.05, 0) is 38.8 Å². The fraction of sp³-hybridized carbons (Fsp3) is 0.588. The molecule has 0 spiro atoms. The van der Waals surface area contributed by atoms with Gasteiger partial charge < -0.3 is 10.3 Å². The van der Waals surface area contributed by atoms with Crippen LogP contribution < -0.4 is 5.73 Å². The van der Waals surface area contributed by atoms with Crippen LogP contribution in [0, 0.1) is 5.82 Å². The molecule has 2 aromatic rings. The Hall–Kier alpha value is -1.42. The first-order chi connectivity index (χ1) is 10.1. The maximum Gasteiger partial charge on any atom is 0.151 e. The van der Waals surface area contributed by atoms with Crippen molar-refractivity contribution in [3.05, 3.63) is 29.8 Å². The Bertz CT molecular complexity index is 639. The summed E-state index contributed by atoms with van der Waals surface area (Å²) in [6.07, 6.45) is 5.74. The number of nitrogens with two attached hydrogens (primary N) is 1. The highest BCUT2D eigenvalue weighted by Gasteiger charge is 2.38. The summed E-state index contributed by atoms with van der Waals surface area (Å²) in [4.78, 5) is 4.71. The number of benzene rings is 1. The minimum absolute atomic E-state index is 0.0893. The Morgan fingerprint density at radius 1 is 1.29 bits per heavy atom. The molecule has 2 N–H and O–H groups in total. The summed E-state index contributed by atoms with van der Waals surface area (Å²) in [5.74, 6) is 0.746. The van der Waals surface area contributed by atoms with E-state index >= 15 is 0 Å². The van der Waals surface area contributed by atoms with Crippen LogP contribution in [0.15, 0.2) is 18.2 Å². The second-order valence-corrected chi connectivity index (χ2v) is 6.55. The van der Waals surface area contributed by atoms with Crippen LogP contribution in [0.2, 0.25) is 0 Å². The first kappa shape index (κ1) is 14.5. The van der Waals surface area contributed by atoms with Crippen LogP contribution in [0.3, 0.4) is 0 Å². The van der Waals surface area contributed by atoms with Crippen molar-refractivity contribution in [2.45, 2.75) is 57.4 Å². The standard InChI is InChI=1S/C17H24FN3/c1-12(2)21-14-8-6-7-13(18)15(14)20-16(21)17(11-19)9-4-3-5-10-17/h6-8,12H,3-5,9-11,19H2,1-2H3. The molecule has 0 atom stereocenters. The average molecular weight is 289 g/mol. The van der Waals surface area contributed by atoms with E-state index in [0.717, 1.165) is 24.2 Å². The van der Waals surface area contributed by atoms with Crippen molar-refractivity contribution >= 4 is 11.0 Å². The minimum atomic E-state index is -0.240. The lowest BCUT2D eigenvalue weighted by molar-refractivity contribution is 0.274. The third-order valence-corrected chi connectivity index (χ3v) is 4.86. The van der Waals surface area contributed by atoms with E-state index in [-0.39, 0.29) is 17.3 Å². The van der Waals surface area contributed by atoms with Crippen LogP contribution in [-0.4, -0.2) is 16.1 Å². The molecule has 3 rings (SSSR count). The molecule has 0 bridgehead atoms. The third kappa shape index (κ3) is 2.26. The van der Waals surface area contributed by atoms with Crippen LogP contribution in [0.25, 0.3) is 11.0 Å². The Morgan fingerprint density at radius 2 is 2.00 bits per heavy atom. The maximum absolute atomic E-state index is 14.1. The second-order valence-electron chi connectivity index (χ2n) is 6.55. The number of hydrogen-bond donors (Lipinski definition) is 1. The quantitative estimate of drug-likeness (QED) is 0.930. The van der Waals surface area contributed by atoms with Gasteiger partial charge in [-0.1, -0.05) is 25.3 Å². The molecule has 0 saturated heterocycles. The zero-order valence-corrected chi connectivity index (χ0v) is 12.9. The highest BCUT2D eigenvalue weighted by atomic mass is 19.1. The summed E-state index contributed by atoms with van der Waals surface area (Å²) in [6.45, 7) is 4.84. The van der Waals surface area contributed by atoms with Crippen molar-refractivity contribution in [1.29, 1.82) is 0 Å². The topological polar surface area (TPSA) is 43.8 Å². The summed E-state index contributed by atoms with van der Waals surface area (Å²) < 4.78 is 16.3. The largest absolute Gasteiger partial charge is 0.329 e. The number of para-hydroxylation sites is 1. The van der Waals surface area contributed by atoms with Gasteiger partial charge in [-0.3, -0.25) is 0 Å². The summed E-state index contributed by atoms with van der Waals surface area (Å²) in [5.41, 5.74) is 7.44. The number of nitrogens with zero attached hydrogens (tertiary/aromatic N) is 2. The van der Waals surface area contributed by atoms with Gasteiger partial charge in [0.25, 0.3) is 0 Å². The van der Waals surface area contributed by atoms with E-state index in [1.165, 1.54) is 25.3 Å². The van der Waals surface area contributed by atoms with Gasteiger partial charge in [0.15, 0.2) is 5.82 Å². The van der Waals surface area contributed by atoms with Gasteiger partial charge >= 0.3 is 0 Å². The summed E-state index contributed by atoms with van der Waals surface area (Å²) >= 11 is 0. The van der Waals surface area contributed by atoms with Gasteiger partial charge in [-0.15, -0.1) is 0 Å². The van der Waals surface area contributed by atoms with E-state index < -0.39 is 0 Å². The first-order valence-corrected chi connectivity index (χ1v) is 7.96.